The van der Waals surface area contributed by atoms with Gasteiger partial charge in [-0.15, -0.1) is 11.6 Å². The maximum absolute atomic E-state index is 11.6. The largest absolute Gasteiger partial charge is 0.325 e. The Morgan fingerprint density at radius 3 is 2.71 bits per heavy atom. The van der Waals surface area contributed by atoms with Crippen LogP contribution in [0.2, 0.25) is 0 Å². The van der Waals surface area contributed by atoms with Gasteiger partial charge in [-0.25, -0.2) is 13.4 Å². The number of hydrogen-bond acceptors (Lipinski definition) is 3. The van der Waals surface area contributed by atoms with Gasteiger partial charge in [0.25, 0.3) is 0 Å². The molecule has 6 heteroatoms. The molecular weight excluding hydrogens is 308 g/mol. The zero-order valence-electron chi connectivity index (χ0n) is 12.0. The highest BCUT2D eigenvalue weighted by Crippen LogP contribution is 2.30. The molecule has 2 aromatic rings. The molecule has 0 radical (unpaired) electrons. The minimum atomic E-state index is -2.85. The molecular formula is C15H19ClN2O2S. The van der Waals surface area contributed by atoms with Crippen molar-refractivity contribution in [3.8, 4) is 0 Å². The lowest BCUT2D eigenvalue weighted by Crippen LogP contribution is -2.26. The van der Waals surface area contributed by atoms with E-state index < -0.39 is 9.84 Å². The molecule has 1 saturated heterocycles. The second-order valence-electron chi connectivity index (χ2n) is 5.71. The van der Waals surface area contributed by atoms with E-state index in [4.69, 9.17) is 16.6 Å². The third kappa shape index (κ3) is 2.94. The molecule has 4 nitrogen and oxygen atoms in total. The fourth-order valence-electron chi connectivity index (χ4n) is 3.06. The number of benzene rings is 1. The van der Waals surface area contributed by atoms with Crippen LogP contribution in [0.1, 0.15) is 30.3 Å². The number of aryl methyl sites for hydroxylation is 2. The number of fused-ring (bicyclic) bond motifs is 1. The van der Waals surface area contributed by atoms with Crippen molar-refractivity contribution in [3.63, 3.8) is 0 Å². The summed E-state index contributed by atoms with van der Waals surface area (Å²) in [5.74, 6) is 2.02. The topological polar surface area (TPSA) is 52.0 Å². The zero-order chi connectivity index (χ0) is 15.0. The molecule has 0 N–H and O–H groups in total. The van der Waals surface area contributed by atoms with Gasteiger partial charge in [0.1, 0.15) is 15.7 Å². The van der Waals surface area contributed by atoms with Crippen LogP contribution in [0.4, 0.5) is 0 Å². The number of hydrogen-bond donors (Lipinski definition) is 0. The molecule has 0 aliphatic carbocycles. The van der Waals surface area contributed by atoms with Gasteiger partial charge in [0.15, 0.2) is 0 Å². The quantitative estimate of drug-likeness (QED) is 0.815. The summed E-state index contributed by atoms with van der Waals surface area (Å²) in [5.41, 5.74) is 3.24. The van der Waals surface area contributed by atoms with Crippen LogP contribution in [0.5, 0.6) is 0 Å². The number of aromatic nitrogens is 2. The summed E-state index contributed by atoms with van der Waals surface area (Å²) in [4.78, 5) is 4.70. The van der Waals surface area contributed by atoms with Crippen molar-refractivity contribution in [3.05, 3.63) is 29.6 Å². The van der Waals surface area contributed by atoms with E-state index in [1.807, 2.05) is 6.92 Å². The zero-order valence-corrected chi connectivity index (χ0v) is 13.6. The number of alkyl halides is 1. The van der Waals surface area contributed by atoms with Gasteiger partial charge in [-0.3, -0.25) is 0 Å². The molecule has 114 valence electrons. The van der Waals surface area contributed by atoms with Gasteiger partial charge in [-0.2, -0.15) is 0 Å². The Bertz CT molecular complexity index is 753. The molecule has 1 fully saturated rings. The van der Waals surface area contributed by atoms with Crippen LogP contribution in [0, 0.1) is 6.92 Å². The van der Waals surface area contributed by atoms with Crippen molar-refractivity contribution in [1.29, 1.82) is 0 Å². The Hall–Kier alpha value is -1.07. The predicted octanol–water partition coefficient (Wildman–Crippen LogP) is 2.88. The molecule has 1 aliphatic rings. The summed E-state index contributed by atoms with van der Waals surface area (Å²) in [6.45, 7) is 2.05. The van der Waals surface area contributed by atoms with E-state index >= 15 is 0 Å². The maximum atomic E-state index is 11.6. The Balaban J connectivity index is 2.05. The van der Waals surface area contributed by atoms with E-state index in [1.54, 1.807) is 0 Å². The summed E-state index contributed by atoms with van der Waals surface area (Å²) in [7, 11) is -2.85. The van der Waals surface area contributed by atoms with Crippen LogP contribution in [-0.4, -0.2) is 35.4 Å². The molecule has 1 aliphatic heterocycles. The predicted molar refractivity (Wildman–Crippen MR) is 85.8 cm³/mol. The van der Waals surface area contributed by atoms with Crippen LogP contribution < -0.4 is 0 Å². The summed E-state index contributed by atoms with van der Waals surface area (Å²) >= 11 is 5.90. The van der Waals surface area contributed by atoms with Gasteiger partial charge in [-0.1, -0.05) is 6.07 Å². The van der Waals surface area contributed by atoms with Gasteiger partial charge in [-0.05, 0) is 37.5 Å². The van der Waals surface area contributed by atoms with E-state index in [9.17, 15) is 8.42 Å². The summed E-state index contributed by atoms with van der Waals surface area (Å²) < 4.78 is 25.5. The number of nitrogens with zero attached hydrogens (tertiary/aromatic N) is 2. The average molecular weight is 327 g/mol. The van der Waals surface area contributed by atoms with Gasteiger partial charge >= 0.3 is 0 Å². The highest BCUT2D eigenvalue weighted by molar-refractivity contribution is 7.91. The first-order chi connectivity index (χ1) is 10.00. The van der Waals surface area contributed by atoms with Gasteiger partial charge in [0.05, 0.1) is 22.5 Å². The number of halogens is 1. The number of imidazole rings is 1. The van der Waals surface area contributed by atoms with Crippen LogP contribution in [0.15, 0.2) is 18.2 Å². The van der Waals surface area contributed by atoms with E-state index in [2.05, 4.69) is 22.8 Å². The van der Waals surface area contributed by atoms with E-state index in [0.717, 1.165) is 16.9 Å². The summed E-state index contributed by atoms with van der Waals surface area (Å²) in [6.07, 6.45) is 2.03. The molecule has 0 unspecified atom stereocenters. The maximum Gasteiger partial charge on any atom is 0.150 e. The van der Waals surface area contributed by atoms with Crippen molar-refractivity contribution >= 4 is 32.5 Å². The normalized spacial score (nSPS) is 19.1. The Morgan fingerprint density at radius 1 is 1.33 bits per heavy atom. The first-order valence-electron chi connectivity index (χ1n) is 7.24. The number of sulfone groups is 1. The Labute approximate surface area is 130 Å². The standard InChI is InChI=1S/C15H19ClN2O2S/c1-11-2-3-14-13(10-11)17-15(4-7-16)18(14)12-5-8-21(19,20)9-6-12/h2-3,10,12H,4-9H2,1H3. The van der Waals surface area contributed by atoms with Crippen LogP contribution in [-0.2, 0) is 16.3 Å². The van der Waals surface area contributed by atoms with E-state index in [0.29, 0.717) is 25.1 Å². The van der Waals surface area contributed by atoms with Crippen molar-refractivity contribution in [2.45, 2.75) is 32.2 Å². The minimum absolute atomic E-state index is 0.208. The molecule has 0 atom stereocenters. The lowest BCUT2D eigenvalue weighted by molar-refractivity contribution is 0.447. The van der Waals surface area contributed by atoms with Crippen molar-refractivity contribution in [2.24, 2.45) is 0 Å². The molecule has 3 rings (SSSR count). The van der Waals surface area contributed by atoms with E-state index in [1.165, 1.54) is 5.56 Å². The number of rotatable bonds is 3. The van der Waals surface area contributed by atoms with Crippen LogP contribution >= 0.6 is 11.6 Å². The van der Waals surface area contributed by atoms with Crippen molar-refractivity contribution < 1.29 is 8.42 Å². The third-order valence-corrected chi connectivity index (χ3v) is 6.03. The van der Waals surface area contributed by atoms with Crippen molar-refractivity contribution in [1.82, 2.24) is 9.55 Å². The second-order valence-corrected chi connectivity index (χ2v) is 8.39. The first kappa shape index (κ1) is 14.9. The molecule has 1 aromatic heterocycles. The average Bonchev–Trinajstić information content (AvgIpc) is 2.76. The molecule has 0 amide bonds. The lowest BCUT2D eigenvalue weighted by Gasteiger charge is -2.25. The monoisotopic (exact) mass is 326 g/mol. The van der Waals surface area contributed by atoms with Crippen LogP contribution in [0.3, 0.4) is 0 Å². The van der Waals surface area contributed by atoms with Crippen LogP contribution in [0.25, 0.3) is 11.0 Å². The summed E-state index contributed by atoms with van der Waals surface area (Å²) in [6, 6.07) is 6.44. The first-order valence-corrected chi connectivity index (χ1v) is 9.59. The Kier molecular flexibility index (Phi) is 3.97. The Morgan fingerprint density at radius 2 is 2.05 bits per heavy atom. The smallest absolute Gasteiger partial charge is 0.150 e. The van der Waals surface area contributed by atoms with Crippen molar-refractivity contribution in [2.75, 3.05) is 17.4 Å². The fraction of sp³-hybridized carbons (Fsp3) is 0.533. The van der Waals surface area contributed by atoms with E-state index in [-0.39, 0.29) is 17.5 Å². The molecule has 2 heterocycles. The summed E-state index contributed by atoms with van der Waals surface area (Å²) in [5, 5.41) is 0. The molecule has 0 spiro atoms. The molecule has 0 saturated carbocycles. The highest BCUT2D eigenvalue weighted by atomic mass is 35.5. The molecule has 0 bridgehead atoms. The third-order valence-electron chi connectivity index (χ3n) is 4.13. The van der Waals surface area contributed by atoms with Gasteiger partial charge in [0.2, 0.25) is 0 Å². The fourth-order valence-corrected chi connectivity index (χ4v) is 4.70. The molecule has 1 aromatic carbocycles. The van der Waals surface area contributed by atoms with Gasteiger partial charge in [0, 0.05) is 18.3 Å². The minimum Gasteiger partial charge on any atom is -0.325 e. The second kappa shape index (κ2) is 5.61. The SMILES string of the molecule is Cc1ccc2c(c1)nc(CCCl)n2C1CCS(=O)(=O)CC1. The molecule has 21 heavy (non-hydrogen) atoms. The highest BCUT2D eigenvalue weighted by Gasteiger charge is 2.27. The van der Waals surface area contributed by atoms with Gasteiger partial charge < -0.3 is 4.57 Å². The lowest BCUT2D eigenvalue weighted by atomic mass is 10.1.